The average molecular weight is 497 g/mol. The molecule has 2 amide bonds. The molecule has 0 radical (unpaired) electrons. The van der Waals surface area contributed by atoms with Crippen molar-refractivity contribution in [1.29, 1.82) is 0 Å². The lowest BCUT2D eigenvalue weighted by molar-refractivity contribution is -0.133. The number of rotatable bonds is 6. The normalized spacial score (nSPS) is 22.6. The van der Waals surface area contributed by atoms with Crippen LogP contribution in [0.5, 0.6) is 5.75 Å². The van der Waals surface area contributed by atoms with Crippen LogP contribution in [0.4, 0.5) is 5.69 Å². The summed E-state index contributed by atoms with van der Waals surface area (Å²) in [5.41, 5.74) is 11.2. The molecule has 7 nitrogen and oxygen atoms in total. The molecule has 2 N–H and O–H groups in total. The van der Waals surface area contributed by atoms with Gasteiger partial charge in [-0.05, 0) is 60.1 Å². The molecule has 3 unspecified atom stereocenters. The van der Waals surface area contributed by atoms with Crippen LogP contribution in [-0.2, 0) is 29.0 Å². The Hall–Kier alpha value is -3.71. The molecule has 2 aromatic carbocycles. The average Bonchev–Trinajstić information content (AvgIpc) is 3.37. The summed E-state index contributed by atoms with van der Waals surface area (Å²) in [5.74, 6) is 1.36. The van der Waals surface area contributed by atoms with Crippen molar-refractivity contribution >= 4 is 17.5 Å². The Morgan fingerprint density at radius 3 is 2.76 bits per heavy atom. The molecular formula is C30H32N4O3. The highest BCUT2D eigenvalue weighted by molar-refractivity contribution is 5.97. The molecule has 1 saturated heterocycles. The van der Waals surface area contributed by atoms with Gasteiger partial charge in [-0.3, -0.25) is 20.0 Å². The first-order valence-electron chi connectivity index (χ1n) is 13.3. The maximum atomic E-state index is 13.3. The minimum atomic E-state index is 0.0868. The minimum absolute atomic E-state index is 0.0868. The molecule has 0 spiro atoms. The van der Waals surface area contributed by atoms with Gasteiger partial charge in [-0.2, -0.15) is 0 Å². The van der Waals surface area contributed by atoms with Crippen molar-refractivity contribution in [2.75, 3.05) is 11.4 Å². The van der Waals surface area contributed by atoms with Crippen LogP contribution >= 0.6 is 0 Å². The third-order valence-corrected chi connectivity index (χ3v) is 8.00. The number of hydrogen-bond donors (Lipinski definition) is 2. The summed E-state index contributed by atoms with van der Waals surface area (Å²) in [5, 5.41) is 0. The standard InChI is InChI=1S/C30H32N4O3/c35-28(34-16-14-21-12-13-24(18-27(21)34)37-19-23-5-3-4-15-31-23)17-20-8-10-22(11-9-20)29-25-6-1-2-7-26(25)30(36)33-32-29/h3-5,8-13,15,18,25-26,29,32H,1-2,6-7,14,16-17,19H2,(H,33,36). The smallest absolute Gasteiger partial charge is 0.237 e. The number of amides is 2. The van der Waals surface area contributed by atoms with E-state index in [1.165, 1.54) is 12.0 Å². The first kappa shape index (κ1) is 23.7. The van der Waals surface area contributed by atoms with Gasteiger partial charge in [-0.25, -0.2) is 5.43 Å². The fourth-order valence-electron chi connectivity index (χ4n) is 6.02. The molecule has 1 aromatic heterocycles. The first-order chi connectivity index (χ1) is 18.2. The van der Waals surface area contributed by atoms with Crippen LogP contribution in [0.3, 0.4) is 0 Å². The number of carbonyl (C=O) groups is 2. The molecule has 0 bridgehead atoms. The zero-order valence-electron chi connectivity index (χ0n) is 20.9. The van der Waals surface area contributed by atoms with E-state index in [1.54, 1.807) is 6.20 Å². The summed E-state index contributed by atoms with van der Waals surface area (Å²) in [4.78, 5) is 31.8. The van der Waals surface area contributed by atoms with Gasteiger partial charge < -0.3 is 9.64 Å². The van der Waals surface area contributed by atoms with Crippen LogP contribution < -0.4 is 20.5 Å². The van der Waals surface area contributed by atoms with Crippen molar-refractivity contribution < 1.29 is 14.3 Å². The van der Waals surface area contributed by atoms with Crippen LogP contribution in [0, 0.1) is 11.8 Å². The Kier molecular flexibility index (Phi) is 6.62. The minimum Gasteiger partial charge on any atom is -0.487 e. The van der Waals surface area contributed by atoms with Gasteiger partial charge >= 0.3 is 0 Å². The molecule has 6 rings (SSSR count). The number of pyridine rings is 1. The molecule has 3 aromatic rings. The maximum Gasteiger partial charge on any atom is 0.237 e. The van der Waals surface area contributed by atoms with E-state index in [0.29, 0.717) is 25.5 Å². The largest absolute Gasteiger partial charge is 0.487 e. The summed E-state index contributed by atoms with van der Waals surface area (Å²) in [6.45, 7) is 1.08. The van der Waals surface area contributed by atoms with Gasteiger partial charge in [0.15, 0.2) is 0 Å². The fraction of sp³-hybridized carbons (Fsp3) is 0.367. The lowest BCUT2D eigenvalue weighted by Crippen LogP contribution is -2.55. The molecule has 2 aliphatic heterocycles. The highest BCUT2D eigenvalue weighted by Crippen LogP contribution is 2.40. The number of anilines is 1. The monoisotopic (exact) mass is 496 g/mol. The highest BCUT2D eigenvalue weighted by atomic mass is 16.5. The molecule has 7 heteroatoms. The van der Waals surface area contributed by atoms with Gasteiger partial charge in [-0.15, -0.1) is 0 Å². The zero-order valence-corrected chi connectivity index (χ0v) is 20.9. The number of fused-ring (bicyclic) bond motifs is 2. The number of aromatic nitrogens is 1. The van der Waals surface area contributed by atoms with Crippen LogP contribution in [-0.4, -0.2) is 23.3 Å². The quantitative estimate of drug-likeness (QED) is 0.533. The Morgan fingerprint density at radius 2 is 1.92 bits per heavy atom. The van der Waals surface area contributed by atoms with Gasteiger partial charge in [0.1, 0.15) is 12.4 Å². The molecular weight excluding hydrogens is 464 g/mol. The third kappa shape index (κ3) is 4.96. The number of hydrogen-bond acceptors (Lipinski definition) is 5. The summed E-state index contributed by atoms with van der Waals surface area (Å²) >= 11 is 0. The predicted molar refractivity (Wildman–Crippen MR) is 141 cm³/mol. The number of carbonyl (C=O) groups excluding carboxylic acids is 2. The van der Waals surface area contributed by atoms with Crippen LogP contribution in [0.25, 0.3) is 0 Å². The maximum absolute atomic E-state index is 13.3. The van der Waals surface area contributed by atoms with Crippen molar-refractivity contribution in [3.8, 4) is 5.75 Å². The van der Waals surface area contributed by atoms with E-state index in [1.807, 2.05) is 47.4 Å². The summed E-state index contributed by atoms with van der Waals surface area (Å²) in [6, 6.07) is 20.2. The van der Waals surface area contributed by atoms with E-state index in [-0.39, 0.29) is 23.8 Å². The van der Waals surface area contributed by atoms with Gasteiger partial charge in [0, 0.05) is 24.7 Å². The molecule has 1 saturated carbocycles. The molecule has 190 valence electrons. The Balaban J connectivity index is 1.11. The van der Waals surface area contributed by atoms with Gasteiger partial charge in [0.25, 0.3) is 0 Å². The topological polar surface area (TPSA) is 83.6 Å². The molecule has 3 heterocycles. The van der Waals surface area contributed by atoms with E-state index in [4.69, 9.17) is 4.74 Å². The lowest BCUT2D eigenvalue weighted by Gasteiger charge is -2.41. The molecule has 1 aliphatic carbocycles. The second-order valence-corrected chi connectivity index (χ2v) is 10.3. The Bertz CT molecular complexity index is 1280. The van der Waals surface area contributed by atoms with E-state index < -0.39 is 0 Å². The summed E-state index contributed by atoms with van der Waals surface area (Å²) in [6.07, 6.45) is 7.28. The Labute approximate surface area is 217 Å². The summed E-state index contributed by atoms with van der Waals surface area (Å²) in [7, 11) is 0. The second-order valence-electron chi connectivity index (χ2n) is 10.3. The molecule has 2 fully saturated rings. The number of hydrazine groups is 1. The van der Waals surface area contributed by atoms with E-state index in [0.717, 1.165) is 53.9 Å². The lowest BCUT2D eigenvalue weighted by atomic mass is 9.72. The Morgan fingerprint density at radius 1 is 1.05 bits per heavy atom. The van der Waals surface area contributed by atoms with Gasteiger partial charge in [-0.1, -0.05) is 49.2 Å². The van der Waals surface area contributed by atoms with Crippen LogP contribution in [0.2, 0.25) is 0 Å². The molecule has 3 atom stereocenters. The predicted octanol–water partition coefficient (Wildman–Crippen LogP) is 4.27. The highest BCUT2D eigenvalue weighted by Gasteiger charge is 2.40. The first-order valence-corrected chi connectivity index (χ1v) is 13.3. The number of nitrogens with zero attached hydrogens (tertiary/aromatic N) is 2. The van der Waals surface area contributed by atoms with Gasteiger partial charge in [0.2, 0.25) is 11.8 Å². The summed E-state index contributed by atoms with van der Waals surface area (Å²) < 4.78 is 5.95. The number of benzene rings is 2. The van der Waals surface area contributed by atoms with Crippen molar-refractivity contribution in [1.82, 2.24) is 15.8 Å². The van der Waals surface area contributed by atoms with Crippen molar-refractivity contribution in [3.63, 3.8) is 0 Å². The molecule has 37 heavy (non-hydrogen) atoms. The third-order valence-electron chi connectivity index (χ3n) is 8.00. The van der Waals surface area contributed by atoms with Crippen LogP contribution in [0.1, 0.15) is 54.1 Å². The second kappa shape index (κ2) is 10.3. The van der Waals surface area contributed by atoms with Gasteiger partial charge in [0.05, 0.1) is 23.8 Å². The van der Waals surface area contributed by atoms with E-state index in [9.17, 15) is 9.59 Å². The number of nitrogens with one attached hydrogen (secondary N) is 2. The fourth-order valence-corrected chi connectivity index (χ4v) is 6.02. The van der Waals surface area contributed by atoms with Crippen LogP contribution in [0.15, 0.2) is 66.9 Å². The van der Waals surface area contributed by atoms with Crippen molar-refractivity contribution in [3.05, 3.63) is 89.2 Å². The SMILES string of the molecule is O=C1NNC(c2ccc(CC(=O)N3CCc4ccc(OCc5ccccn5)cc43)cc2)C2CCCCC12. The number of ether oxygens (including phenoxy) is 1. The molecule has 3 aliphatic rings. The van der Waals surface area contributed by atoms with E-state index >= 15 is 0 Å². The van der Waals surface area contributed by atoms with Crippen molar-refractivity contribution in [2.24, 2.45) is 11.8 Å². The zero-order chi connectivity index (χ0) is 25.2. The van der Waals surface area contributed by atoms with E-state index in [2.05, 4.69) is 34.0 Å². The van der Waals surface area contributed by atoms with Crippen molar-refractivity contribution in [2.45, 2.75) is 51.2 Å².